The third-order valence-electron chi connectivity index (χ3n) is 2.88. The first kappa shape index (κ1) is 15.3. The number of nitrogens with zero attached hydrogens (tertiary/aromatic N) is 1. The predicted octanol–water partition coefficient (Wildman–Crippen LogP) is 4.30. The molecular weight excluding hydrogens is 293 g/mol. The number of hydrogen-bond acceptors (Lipinski definition) is 3. The van der Waals surface area contributed by atoms with Gasteiger partial charge in [-0.3, -0.25) is 0 Å². The Kier molecular flexibility index (Phi) is 5.58. The summed E-state index contributed by atoms with van der Waals surface area (Å²) >= 11 is 6.16. The first-order valence-electron chi connectivity index (χ1n) is 6.50. The van der Waals surface area contributed by atoms with Crippen LogP contribution < -0.4 is 4.74 Å². The first-order chi connectivity index (χ1) is 10.2. The van der Waals surface area contributed by atoms with E-state index in [1.165, 1.54) is 18.3 Å². The summed E-state index contributed by atoms with van der Waals surface area (Å²) in [6.45, 7) is 0.382. The summed E-state index contributed by atoms with van der Waals surface area (Å²) in [6, 6.07) is 12.0. The maximum absolute atomic E-state index is 13.1. The van der Waals surface area contributed by atoms with Crippen molar-refractivity contribution in [2.45, 2.75) is 12.8 Å². The van der Waals surface area contributed by atoms with Gasteiger partial charge in [-0.15, -0.1) is 5.16 Å². The number of benzene rings is 2. The summed E-state index contributed by atoms with van der Waals surface area (Å²) in [5.74, 6) is 0.329. The largest absolute Gasteiger partial charge is 0.492 e. The van der Waals surface area contributed by atoms with E-state index in [9.17, 15) is 4.39 Å². The highest BCUT2D eigenvalue weighted by Gasteiger charge is 2.04. The molecule has 0 aromatic heterocycles. The molecule has 5 heteroatoms. The highest BCUT2D eigenvalue weighted by Crippen LogP contribution is 2.26. The highest BCUT2D eigenvalue weighted by atomic mass is 35.5. The molecule has 0 spiro atoms. The normalized spacial score (nSPS) is 11.0. The minimum absolute atomic E-state index is 0.246. The van der Waals surface area contributed by atoms with Gasteiger partial charge in [0.2, 0.25) is 0 Å². The summed E-state index contributed by atoms with van der Waals surface area (Å²) in [4.78, 5) is 0. The van der Waals surface area contributed by atoms with Crippen LogP contribution in [-0.2, 0) is 6.42 Å². The molecule has 0 radical (unpaired) electrons. The zero-order valence-electron chi connectivity index (χ0n) is 11.3. The molecule has 110 valence electrons. The van der Waals surface area contributed by atoms with Gasteiger partial charge in [0.1, 0.15) is 11.6 Å². The Morgan fingerprint density at radius 3 is 2.71 bits per heavy atom. The van der Waals surface area contributed by atoms with E-state index in [1.54, 1.807) is 12.1 Å². The number of hydrogen-bond donors (Lipinski definition) is 1. The average Bonchev–Trinajstić information content (AvgIpc) is 2.45. The SMILES string of the molecule is O/N=C\CCOc1ccc(Cc2cccc(F)c2)cc1Cl. The molecule has 0 bridgehead atoms. The molecule has 0 aliphatic heterocycles. The first-order valence-corrected chi connectivity index (χ1v) is 6.88. The van der Waals surface area contributed by atoms with E-state index in [2.05, 4.69) is 5.16 Å². The molecule has 0 heterocycles. The van der Waals surface area contributed by atoms with Crippen LogP contribution in [0.5, 0.6) is 5.75 Å². The standard InChI is InChI=1S/C16H15ClFNO2/c17-15-11-13(9-12-3-1-4-14(18)10-12)5-6-16(15)21-8-2-7-19-20/h1,3-7,10-11,20H,2,8-9H2/b19-7-. The second-order valence-corrected chi connectivity index (χ2v) is 4.91. The van der Waals surface area contributed by atoms with Crippen molar-refractivity contribution in [2.75, 3.05) is 6.61 Å². The summed E-state index contributed by atoms with van der Waals surface area (Å²) in [5, 5.41) is 11.7. The van der Waals surface area contributed by atoms with Crippen LogP contribution in [-0.4, -0.2) is 18.0 Å². The summed E-state index contributed by atoms with van der Waals surface area (Å²) in [5.41, 5.74) is 1.87. The van der Waals surface area contributed by atoms with Gasteiger partial charge in [0.05, 0.1) is 11.6 Å². The van der Waals surface area contributed by atoms with Crippen LogP contribution in [0.1, 0.15) is 17.5 Å². The van der Waals surface area contributed by atoms with Gasteiger partial charge in [-0.25, -0.2) is 4.39 Å². The van der Waals surface area contributed by atoms with Crippen LogP contribution in [0.15, 0.2) is 47.6 Å². The van der Waals surface area contributed by atoms with Crippen molar-refractivity contribution in [1.29, 1.82) is 0 Å². The van der Waals surface area contributed by atoms with Crippen LogP contribution in [0.25, 0.3) is 0 Å². The van der Waals surface area contributed by atoms with Crippen LogP contribution in [0.2, 0.25) is 5.02 Å². The number of rotatable bonds is 6. The fourth-order valence-electron chi connectivity index (χ4n) is 1.93. The molecule has 0 saturated heterocycles. The third kappa shape index (κ3) is 4.76. The smallest absolute Gasteiger partial charge is 0.137 e. The van der Waals surface area contributed by atoms with Crippen molar-refractivity contribution in [3.8, 4) is 5.75 Å². The molecule has 0 aliphatic carbocycles. The van der Waals surface area contributed by atoms with E-state index in [-0.39, 0.29) is 5.82 Å². The number of ether oxygens (including phenoxy) is 1. The molecule has 0 atom stereocenters. The Morgan fingerprint density at radius 1 is 1.19 bits per heavy atom. The second kappa shape index (κ2) is 7.64. The lowest BCUT2D eigenvalue weighted by molar-refractivity contribution is 0.310. The van der Waals surface area contributed by atoms with E-state index >= 15 is 0 Å². The molecule has 2 aromatic carbocycles. The molecule has 21 heavy (non-hydrogen) atoms. The van der Waals surface area contributed by atoms with Gasteiger partial charge >= 0.3 is 0 Å². The molecule has 0 amide bonds. The topological polar surface area (TPSA) is 41.8 Å². The fraction of sp³-hybridized carbons (Fsp3) is 0.188. The van der Waals surface area contributed by atoms with Crippen LogP contribution in [0.4, 0.5) is 4.39 Å². The second-order valence-electron chi connectivity index (χ2n) is 4.51. The van der Waals surface area contributed by atoms with Crippen molar-refractivity contribution in [3.63, 3.8) is 0 Å². The molecule has 0 fully saturated rings. The maximum Gasteiger partial charge on any atom is 0.137 e. The lowest BCUT2D eigenvalue weighted by atomic mass is 10.0. The molecule has 3 nitrogen and oxygen atoms in total. The van der Waals surface area contributed by atoms with Crippen molar-refractivity contribution in [1.82, 2.24) is 0 Å². The van der Waals surface area contributed by atoms with Gasteiger partial charge in [0.15, 0.2) is 0 Å². The minimum atomic E-state index is -0.246. The Morgan fingerprint density at radius 2 is 2.00 bits per heavy atom. The molecule has 0 saturated carbocycles. The summed E-state index contributed by atoms with van der Waals surface area (Å²) in [6.07, 6.45) is 2.46. The molecule has 0 unspecified atom stereocenters. The quantitative estimate of drug-likeness (QED) is 0.374. The number of oxime groups is 1. The van der Waals surface area contributed by atoms with E-state index < -0.39 is 0 Å². The highest BCUT2D eigenvalue weighted by molar-refractivity contribution is 6.32. The van der Waals surface area contributed by atoms with E-state index in [0.717, 1.165) is 11.1 Å². The monoisotopic (exact) mass is 307 g/mol. The van der Waals surface area contributed by atoms with Crippen molar-refractivity contribution >= 4 is 17.8 Å². The molecular formula is C16H15ClFNO2. The minimum Gasteiger partial charge on any atom is -0.492 e. The Bertz CT molecular complexity index is 631. The van der Waals surface area contributed by atoms with Gasteiger partial charge < -0.3 is 9.94 Å². The zero-order chi connectivity index (χ0) is 15.1. The van der Waals surface area contributed by atoms with Gasteiger partial charge in [-0.2, -0.15) is 0 Å². The van der Waals surface area contributed by atoms with Gasteiger partial charge in [0.25, 0.3) is 0 Å². The predicted molar refractivity (Wildman–Crippen MR) is 81.0 cm³/mol. The zero-order valence-corrected chi connectivity index (χ0v) is 12.1. The van der Waals surface area contributed by atoms with E-state index in [1.807, 2.05) is 18.2 Å². The van der Waals surface area contributed by atoms with Gasteiger partial charge in [0, 0.05) is 12.6 Å². The van der Waals surface area contributed by atoms with Gasteiger partial charge in [-0.05, 0) is 41.8 Å². The summed E-state index contributed by atoms with van der Waals surface area (Å²) in [7, 11) is 0. The van der Waals surface area contributed by atoms with E-state index in [0.29, 0.717) is 30.2 Å². The Hall–Kier alpha value is -2.07. The molecule has 1 N–H and O–H groups in total. The Labute approximate surface area is 127 Å². The average molecular weight is 308 g/mol. The van der Waals surface area contributed by atoms with E-state index in [4.69, 9.17) is 21.5 Å². The van der Waals surface area contributed by atoms with Crippen molar-refractivity contribution in [3.05, 3.63) is 64.4 Å². The van der Waals surface area contributed by atoms with Gasteiger partial charge in [-0.1, -0.05) is 29.8 Å². The lowest BCUT2D eigenvalue weighted by Crippen LogP contribution is -1.99. The van der Waals surface area contributed by atoms with Crippen molar-refractivity contribution in [2.24, 2.45) is 5.16 Å². The lowest BCUT2D eigenvalue weighted by Gasteiger charge is -2.09. The summed E-state index contributed by atoms with van der Waals surface area (Å²) < 4.78 is 18.6. The van der Waals surface area contributed by atoms with Crippen LogP contribution in [0.3, 0.4) is 0 Å². The number of halogens is 2. The molecule has 2 aromatic rings. The van der Waals surface area contributed by atoms with Crippen LogP contribution >= 0.6 is 11.6 Å². The molecule has 2 rings (SSSR count). The molecule has 0 aliphatic rings. The van der Waals surface area contributed by atoms with Crippen molar-refractivity contribution < 1.29 is 14.3 Å². The third-order valence-corrected chi connectivity index (χ3v) is 3.18. The Balaban J connectivity index is 2.01. The van der Waals surface area contributed by atoms with Crippen LogP contribution in [0, 0.1) is 5.82 Å². The maximum atomic E-state index is 13.1. The fourth-order valence-corrected chi connectivity index (χ4v) is 2.19.